The number of hydrogen-bond donors (Lipinski definition) is 1. The lowest BCUT2D eigenvalue weighted by Crippen LogP contribution is -2.41. The Morgan fingerprint density at radius 2 is 1.92 bits per heavy atom. The van der Waals surface area contributed by atoms with E-state index in [4.69, 9.17) is 4.74 Å². The molecule has 0 aliphatic carbocycles. The van der Waals surface area contributed by atoms with Gasteiger partial charge in [0.25, 0.3) is 0 Å². The van der Waals surface area contributed by atoms with Crippen molar-refractivity contribution in [1.82, 2.24) is 4.90 Å². The SMILES string of the molecule is O=C(O)c1ccccc1CCC(=O)N1CCC([C@@H]2CCCO2)CC1. The Bertz CT molecular complexity index is 587. The van der Waals surface area contributed by atoms with E-state index in [1.807, 2.05) is 11.0 Å². The first-order chi connectivity index (χ1) is 11.6. The van der Waals surface area contributed by atoms with E-state index in [9.17, 15) is 14.7 Å². The van der Waals surface area contributed by atoms with Gasteiger partial charge in [0.15, 0.2) is 0 Å². The summed E-state index contributed by atoms with van der Waals surface area (Å²) in [5, 5.41) is 9.21. The normalized spacial score (nSPS) is 21.8. The van der Waals surface area contributed by atoms with Crippen LogP contribution in [0.1, 0.15) is 48.0 Å². The Kier molecular flexibility index (Phi) is 5.51. The molecular weight excluding hydrogens is 306 g/mol. The van der Waals surface area contributed by atoms with E-state index in [0.29, 0.717) is 30.4 Å². The number of amides is 1. The van der Waals surface area contributed by atoms with Crippen LogP contribution in [0.5, 0.6) is 0 Å². The molecule has 130 valence electrons. The Morgan fingerprint density at radius 1 is 1.17 bits per heavy atom. The van der Waals surface area contributed by atoms with Crippen molar-refractivity contribution in [2.45, 2.75) is 44.6 Å². The molecule has 5 heteroatoms. The maximum absolute atomic E-state index is 12.4. The van der Waals surface area contributed by atoms with E-state index < -0.39 is 5.97 Å². The molecule has 1 amide bonds. The molecule has 24 heavy (non-hydrogen) atoms. The summed E-state index contributed by atoms with van der Waals surface area (Å²) >= 11 is 0. The molecule has 0 unspecified atom stereocenters. The first kappa shape index (κ1) is 17.0. The van der Waals surface area contributed by atoms with Crippen LogP contribution in [0.15, 0.2) is 24.3 Å². The molecule has 0 radical (unpaired) electrons. The maximum Gasteiger partial charge on any atom is 0.335 e. The van der Waals surface area contributed by atoms with Crippen LogP contribution in [0.25, 0.3) is 0 Å². The smallest absolute Gasteiger partial charge is 0.335 e. The summed E-state index contributed by atoms with van der Waals surface area (Å²) in [5.74, 6) is -0.222. The topological polar surface area (TPSA) is 66.8 Å². The summed E-state index contributed by atoms with van der Waals surface area (Å²) in [6.07, 6.45) is 5.59. The van der Waals surface area contributed by atoms with Crippen molar-refractivity contribution < 1.29 is 19.4 Å². The van der Waals surface area contributed by atoms with E-state index in [1.54, 1.807) is 18.2 Å². The number of ether oxygens (including phenoxy) is 1. The van der Waals surface area contributed by atoms with Gasteiger partial charge in [-0.25, -0.2) is 4.79 Å². The number of carbonyl (C=O) groups is 2. The molecule has 1 N–H and O–H groups in total. The number of benzene rings is 1. The summed E-state index contributed by atoms with van der Waals surface area (Å²) in [4.78, 5) is 25.6. The van der Waals surface area contributed by atoms with Gasteiger partial charge in [-0.3, -0.25) is 4.79 Å². The highest BCUT2D eigenvalue weighted by atomic mass is 16.5. The first-order valence-electron chi connectivity index (χ1n) is 8.85. The van der Waals surface area contributed by atoms with Gasteiger partial charge in [-0.15, -0.1) is 0 Å². The highest BCUT2D eigenvalue weighted by molar-refractivity contribution is 5.89. The quantitative estimate of drug-likeness (QED) is 0.901. The molecule has 1 aromatic rings. The number of rotatable bonds is 5. The summed E-state index contributed by atoms with van der Waals surface area (Å²) in [7, 11) is 0. The van der Waals surface area contributed by atoms with Crippen molar-refractivity contribution in [3.8, 4) is 0 Å². The van der Waals surface area contributed by atoms with Gasteiger partial charge in [-0.2, -0.15) is 0 Å². The fourth-order valence-electron chi connectivity index (χ4n) is 3.84. The largest absolute Gasteiger partial charge is 0.478 e. The van der Waals surface area contributed by atoms with Gasteiger partial charge in [-0.05, 0) is 49.7 Å². The van der Waals surface area contributed by atoms with Gasteiger partial charge >= 0.3 is 5.97 Å². The lowest BCUT2D eigenvalue weighted by Gasteiger charge is -2.34. The van der Waals surface area contributed by atoms with E-state index in [1.165, 1.54) is 0 Å². The molecule has 3 rings (SSSR count). The van der Waals surface area contributed by atoms with Crippen molar-refractivity contribution >= 4 is 11.9 Å². The minimum Gasteiger partial charge on any atom is -0.478 e. The molecule has 1 aromatic carbocycles. The molecule has 0 aromatic heterocycles. The second kappa shape index (κ2) is 7.79. The lowest BCUT2D eigenvalue weighted by molar-refractivity contribution is -0.133. The minimum absolute atomic E-state index is 0.126. The zero-order valence-corrected chi connectivity index (χ0v) is 13.9. The summed E-state index contributed by atoms with van der Waals surface area (Å²) < 4.78 is 5.77. The van der Waals surface area contributed by atoms with Gasteiger partial charge < -0.3 is 14.7 Å². The van der Waals surface area contributed by atoms with Gasteiger partial charge in [0.2, 0.25) is 5.91 Å². The molecular formula is C19H25NO4. The highest BCUT2D eigenvalue weighted by Crippen LogP contribution is 2.29. The molecule has 1 atom stereocenters. The number of piperidine rings is 1. The zero-order chi connectivity index (χ0) is 16.9. The molecule has 5 nitrogen and oxygen atoms in total. The Labute approximate surface area is 142 Å². The van der Waals surface area contributed by atoms with Gasteiger partial charge in [-0.1, -0.05) is 18.2 Å². The number of nitrogens with zero attached hydrogens (tertiary/aromatic N) is 1. The Balaban J connectivity index is 1.49. The molecule has 2 saturated heterocycles. The van der Waals surface area contributed by atoms with E-state index in [0.717, 1.165) is 50.9 Å². The van der Waals surface area contributed by atoms with Crippen LogP contribution in [-0.4, -0.2) is 47.7 Å². The maximum atomic E-state index is 12.4. The first-order valence-corrected chi connectivity index (χ1v) is 8.85. The van der Waals surface area contributed by atoms with Crippen molar-refractivity contribution in [3.63, 3.8) is 0 Å². The number of carboxylic acids is 1. The van der Waals surface area contributed by atoms with E-state index >= 15 is 0 Å². The Hall–Kier alpha value is -1.88. The van der Waals surface area contributed by atoms with Crippen molar-refractivity contribution in [3.05, 3.63) is 35.4 Å². The molecule has 0 spiro atoms. The standard InChI is InChI=1S/C19H25NO4/c21-18(8-7-14-4-1-2-5-16(14)19(22)23)20-11-9-15(10-12-20)17-6-3-13-24-17/h1-2,4-5,15,17H,3,6-13H2,(H,22,23)/t17-/m0/s1. The lowest BCUT2D eigenvalue weighted by atomic mass is 9.89. The number of carbonyl (C=O) groups excluding carboxylic acids is 1. The third-order valence-electron chi connectivity index (χ3n) is 5.24. The average Bonchev–Trinajstić information content (AvgIpc) is 3.14. The summed E-state index contributed by atoms with van der Waals surface area (Å²) in [5.41, 5.74) is 1.02. The number of aryl methyl sites for hydroxylation is 1. The number of likely N-dealkylation sites (tertiary alicyclic amines) is 1. The molecule has 2 fully saturated rings. The zero-order valence-electron chi connectivity index (χ0n) is 13.9. The average molecular weight is 331 g/mol. The van der Waals surface area contributed by atoms with Crippen molar-refractivity contribution in [2.24, 2.45) is 5.92 Å². The third-order valence-corrected chi connectivity index (χ3v) is 5.24. The molecule has 2 aliphatic heterocycles. The Morgan fingerprint density at radius 3 is 2.58 bits per heavy atom. The van der Waals surface area contributed by atoms with Crippen LogP contribution in [0, 0.1) is 5.92 Å². The number of hydrogen-bond acceptors (Lipinski definition) is 3. The fourth-order valence-corrected chi connectivity index (χ4v) is 3.84. The minimum atomic E-state index is -0.935. The van der Waals surface area contributed by atoms with Crippen LogP contribution in [0.2, 0.25) is 0 Å². The molecule has 2 heterocycles. The molecule has 0 saturated carbocycles. The summed E-state index contributed by atoms with van der Waals surface area (Å²) in [6, 6.07) is 6.92. The van der Waals surface area contributed by atoms with Crippen LogP contribution in [-0.2, 0) is 16.0 Å². The van der Waals surface area contributed by atoms with E-state index in [-0.39, 0.29) is 5.91 Å². The second-order valence-electron chi connectivity index (χ2n) is 6.73. The van der Waals surface area contributed by atoms with Crippen molar-refractivity contribution in [1.29, 1.82) is 0 Å². The van der Waals surface area contributed by atoms with Gasteiger partial charge in [0, 0.05) is 26.1 Å². The second-order valence-corrected chi connectivity index (χ2v) is 6.73. The monoisotopic (exact) mass is 331 g/mol. The van der Waals surface area contributed by atoms with Gasteiger partial charge in [0.1, 0.15) is 0 Å². The van der Waals surface area contributed by atoms with Crippen LogP contribution in [0.4, 0.5) is 0 Å². The highest BCUT2D eigenvalue weighted by Gasteiger charge is 2.30. The van der Waals surface area contributed by atoms with Gasteiger partial charge in [0.05, 0.1) is 11.7 Å². The van der Waals surface area contributed by atoms with Crippen LogP contribution in [0.3, 0.4) is 0 Å². The van der Waals surface area contributed by atoms with Crippen LogP contribution < -0.4 is 0 Å². The predicted octanol–water partition coefficient (Wildman–Crippen LogP) is 2.74. The fraction of sp³-hybridized carbons (Fsp3) is 0.579. The van der Waals surface area contributed by atoms with Crippen molar-refractivity contribution in [2.75, 3.05) is 19.7 Å². The number of carboxylic acid groups (broad SMARTS) is 1. The molecule has 0 bridgehead atoms. The predicted molar refractivity (Wildman–Crippen MR) is 90.0 cm³/mol. The van der Waals surface area contributed by atoms with E-state index in [2.05, 4.69) is 0 Å². The number of aromatic carboxylic acids is 1. The summed E-state index contributed by atoms with van der Waals surface area (Å²) in [6.45, 7) is 2.47. The van der Waals surface area contributed by atoms with Crippen LogP contribution >= 0.6 is 0 Å². The third kappa shape index (κ3) is 3.96. The molecule has 2 aliphatic rings.